The molecule has 0 aliphatic rings. The molecule has 0 bridgehead atoms. The van der Waals surface area contributed by atoms with Crippen molar-refractivity contribution in [3.8, 4) is 0 Å². The third-order valence-electron chi connectivity index (χ3n) is 2.37. The Morgan fingerprint density at radius 3 is 2.12 bits per heavy atom. The van der Waals surface area contributed by atoms with Crippen molar-refractivity contribution in [2.24, 2.45) is 11.1 Å². The summed E-state index contributed by atoms with van der Waals surface area (Å²) in [7, 11) is 0. The number of benzene rings is 1. The van der Waals surface area contributed by atoms with Gasteiger partial charge in [0.15, 0.2) is 5.78 Å². The Balaban J connectivity index is 0. The molecular weight excluding hydrogens is 210 g/mol. The average Bonchev–Trinajstić information content (AvgIpc) is 2.30. The third kappa shape index (κ3) is 5.64. The molecule has 2 nitrogen and oxygen atoms in total. The second kappa shape index (κ2) is 7.23. The van der Waals surface area contributed by atoms with Gasteiger partial charge in [0.2, 0.25) is 0 Å². The van der Waals surface area contributed by atoms with Gasteiger partial charge in [0, 0.05) is 6.84 Å². The van der Waals surface area contributed by atoms with Crippen molar-refractivity contribution in [3.05, 3.63) is 35.9 Å². The number of rotatable bonds is 3. The molecule has 0 unspecified atom stereocenters. The first-order valence-corrected chi connectivity index (χ1v) is 6.25. The largest absolute Gasteiger partial charge is 0.321 e. The summed E-state index contributed by atoms with van der Waals surface area (Å²) in [5, 5.41) is 0. The van der Waals surface area contributed by atoms with E-state index in [1.54, 1.807) is 0 Å². The summed E-state index contributed by atoms with van der Waals surface area (Å²) in [6.07, 6.45) is 0.622. The van der Waals surface area contributed by atoms with Gasteiger partial charge in [0.05, 0.1) is 6.04 Å². The second-order valence-electron chi connectivity index (χ2n) is 4.91. The fraction of sp³-hybridized carbons (Fsp3) is 0.533. The number of nitrogens with two attached hydrogens (primary N) is 1. The molecule has 0 spiro atoms. The highest BCUT2D eigenvalue weighted by Gasteiger charge is 2.26. The molecule has 0 heterocycles. The van der Waals surface area contributed by atoms with Crippen LogP contribution in [0.15, 0.2) is 30.3 Å². The Labute approximate surface area is 107 Å². The standard InChI is InChI=1S/C13H19NO.C2H6.H2/c1-13(2,3)12(15)11(14)9-10-7-5-4-6-8-10;1-2;/h4-8,11H,9,14H2,1-3H3;1-2H3;1H/t11-;;/m0../s1. The molecule has 2 N–H and O–H groups in total. The van der Waals surface area contributed by atoms with Crippen molar-refractivity contribution in [1.29, 1.82) is 0 Å². The highest BCUT2D eigenvalue weighted by atomic mass is 16.1. The summed E-state index contributed by atoms with van der Waals surface area (Å²) in [6, 6.07) is 9.48. The maximum atomic E-state index is 11.8. The molecule has 0 aliphatic carbocycles. The number of ketones is 1. The van der Waals surface area contributed by atoms with Crippen molar-refractivity contribution in [3.63, 3.8) is 0 Å². The minimum absolute atomic E-state index is 0. The van der Waals surface area contributed by atoms with Crippen molar-refractivity contribution >= 4 is 5.78 Å². The fourth-order valence-corrected chi connectivity index (χ4v) is 1.52. The van der Waals surface area contributed by atoms with Crippen LogP contribution in [0, 0.1) is 5.41 Å². The van der Waals surface area contributed by atoms with Gasteiger partial charge in [0.25, 0.3) is 0 Å². The lowest BCUT2D eigenvalue weighted by Gasteiger charge is -2.21. The van der Waals surface area contributed by atoms with E-state index in [-0.39, 0.29) is 12.6 Å². The van der Waals surface area contributed by atoms with E-state index in [2.05, 4.69) is 0 Å². The van der Waals surface area contributed by atoms with Crippen LogP contribution in [0.2, 0.25) is 0 Å². The van der Waals surface area contributed by atoms with Crippen LogP contribution in [0.4, 0.5) is 0 Å². The van der Waals surface area contributed by atoms with Gasteiger partial charge in [-0.25, -0.2) is 0 Å². The smallest absolute Gasteiger partial charge is 0.155 e. The molecule has 1 atom stereocenters. The van der Waals surface area contributed by atoms with Crippen LogP contribution < -0.4 is 5.73 Å². The van der Waals surface area contributed by atoms with E-state index in [0.717, 1.165) is 5.56 Å². The van der Waals surface area contributed by atoms with E-state index in [0.29, 0.717) is 6.42 Å². The topological polar surface area (TPSA) is 43.1 Å². The zero-order valence-corrected chi connectivity index (χ0v) is 11.7. The predicted molar refractivity (Wildman–Crippen MR) is 76.0 cm³/mol. The third-order valence-corrected chi connectivity index (χ3v) is 2.37. The molecule has 98 valence electrons. The van der Waals surface area contributed by atoms with Crippen LogP contribution >= 0.6 is 0 Å². The molecule has 0 amide bonds. The van der Waals surface area contributed by atoms with Crippen LogP contribution in [0.1, 0.15) is 41.6 Å². The first-order valence-electron chi connectivity index (χ1n) is 6.25. The summed E-state index contributed by atoms with van der Waals surface area (Å²) >= 11 is 0. The lowest BCUT2D eigenvalue weighted by Crippen LogP contribution is -2.40. The molecule has 0 aliphatic heterocycles. The lowest BCUT2D eigenvalue weighted by molar-refractivity contribution is -0.127. The van der Waals surface area contributed by atoms with Crippen LogP contribution in [-0.4, -0.2) is 11.8 Å². The van der Waals surface area contributed by atoms with Gasteiger partial charge >= 0.3 is 0 Å². The molecule has 0 saturated carbocycles. The predicted octanol–water partition coefficient (Wildman–Crippen LogP) is 3.44. The van der Waals surface area contributed by atoms with E-state index in [9.17, 15) is 4.79 Å². The first-order chi connectivity index (χ1) is 7.91. The van der Waals surface area contributed by atoms with E-state index < -0.39 is 6.04 Å². The number of carbonyl (C=O) groups excluding carboxylic acids is 1. The monoisotopic (exact) mass is 237 g/mol. The number of hydrogen-bond donors (Lipinski definition) is 1. The molecule has 0 aromatic heterocycles. The summed E-state index contributed by atoms with van der Waals surface area (Å²) in [4.78, 5) is 11.8. The zero-order valence-electron chi connectivity index (χ0n) is 11.7. The Bertz CT molecular complexity index is 330. The summed E-state index contributed by atoms with van der Waals surface area (Å²) in [5.74, 6) is 0.117. The van der Waals surface area contributed by atoms with Gasteiger partial charge in [-0.05, 0) is 12.0 Å². The Morgan fingerprint density at radius 1 is 1.24 bits per heavy atom. The van der Waals surface area contributed by atoms with Crippen molar-refractivity contribution < 1.29 is 6.22 Å². The fourth-order valence-electron chi connectivity index (χ4n) is 1.52. The van der Waals surface area contributed by atoms with E-state index in [4.69, 9.17) is 5.73 Å². The zero-order chi connectivity index (χ0) is 13.5. The molecule has 2 heteroatoms. The number of hydrogen-bond acceptors (Lipinski definition) is 2. The minimum Gasteiger partial charge on any atom is -0.321 e. The van der Waals surface area contributed by atoms with Gasteiger partial charge in [-0.15, -0.1) is 0 Å². The van der Waals surface area contributed by atoms with E-state index in [1.807, 2.05) is 65.0 Å². The molecule has 0 fully saturated rings. The summed E-state index contributed by atoms with van der Waals surface area (Å²) in [5.41, 5.74) is 6.65. The Hall–Kier alpha value is -1.15. The maximum Gasteiger partial charge on any atom is 0.155 e. The Kier molecular flexibility index (Phi) is 6.74. The molecule has 1 aromatic carbocycles. The minimum atomic E-state index is -0.396. The first kappa shape index (κ1) is 15.9. The lowest BCUT2D eigenvalue weighted by atomic mass is 9.85. The van der Waals surface area contributed by atoms with Gasteiger partial charge in [-0.3, -0.25) is 4.79 Å². The molecule has 17 heavy (non-hydrogen) atoms. The number of carbonyl (C=O) groups is 1. The van der Waals surface area contributed by atoms with Gasteiger partial charge in [0.1, 0.15) is 0 Å². The Morgan fingerprint density at radius 2 is 1.71 bits per heavy atom. The highest BCUT2D eigenvalue weighted by Crippen LogP contribution is 2.17. The quantitative estimate of drug-likeness (QED) is 0.875. The van der Waals surface area contributed by atoms with E-state index in [1.165, 1.54) is 0 Å². The maximum absolute atomic E-state index is 11.8. The number of Topliss-reactive ketones (excluding diaryl/α,β-unsaturated/α-hetero) is 1. The van der Waals surface area contributed by atoms with Crippen LogP contribution in [-0.2, 0) is 11.2 Å². The SMILES string of the molecule is CC.CC(C)(C)C(=O)[C@@H](N)Cc1ccccc1.[HH]. The molecule has 0 saturated heterocycles. The molecule has 0 radical (unpaired) electrons. The van der Waals surface area contributed by atoms with E-state index >= 15 is 0 Å². The summed E-state index contributed by atoms with van der Waals surface area (Å²) < 4.78 is 0. The van der Waals surface area contributed by atoms with Crippen LogP contribution in [0.25, 0.3) is 0 Å². The normalized spacial score (nSPS) is 12.4. The van der Waals surface area contributed by atoms with Crippen LogP contribution in [0.3, 0.4) is 0 Å². The molecule has 1 rings (SSSR count). The second-order valence-corrected chi connectivity index (χ2v) is 4.91. The van der Waals surface area contributed by atoms with Gasteiger partial charge < -0.3 is 5.73 Å². The van der Waals surface area contributed by atoms with Crippen molar-refractivity contribution in [2.75, 3.05) is 0 Å². The van der Waals surface area contributed by atoms with Crippen molar-refractivity contribution in [1.82, 2.24) is 0 Å². The van der Waals surface area contributed by atoms with Gasteiger partial charge in [-0.2, -0.15) is 0 Å². The average molecular weight is 237 g/mol. The molecular formula is C15H27NO. The van der Waals surface area contributed by atoms with Gasteiger partial charge in [-0.1, -0.05) is 65.0 Å². The molecule has 1 aromatic rings. The van der Waals surface area contributed by atoms with Crippen molar-refractivity contribution in [2.45, 2.75) is 47.1 Å². The van der Waals surface area contributed by atoms with Crippen LogP contribution in [0.5, 0.6) is 0 Å². The summed E-state index contributed by atoms with van der Waals surface area (Å²) in [6.45, 7) is 9.71. The highest BCUT2D eigenvalue weighted by molar-refractivity contribution is 5.88.